The number of sulfonamides is 1. The average molecular weight is 371 g/mol. The van der Waals surface area contributed by atoms with Crippen molar-refractivity contribution in [1.82, 2.24) is 10.1 Å². The van der Waals surface area contributed by atoms with Crippen LogP contribution < -0.4 is 5.32 Å². The van der Waals surface area contributed by atoms with Gasteiger partial charge in [0.2, 0.25) is 0 Å². The summed E-state index contributed by atoms with van der Waals surface area (Å²) in [6.45, 7) is 3.38. The minimum absolute atomic E-state index is 0.0205. The summed E-state index contributed by atoms with van der Waals surface area (Å²) in [5.74, 6) is -0.363. The highest BCUT2D eigenvalue weighted by atomic mass is 32.2. The molecule has 0 saturated heterocycles. The van der Waals surface area contributed by atoms with Crippen molar-refractivity contribution in [3.63, 3.8) is 0 Å². The van der Waals surface area contributed by atoms with Crippen LogP contribution >= 0.6 is 0 Å². The van der Waals surface area contributed by atoms with E-state index in [9.17, 15) is 13.2 Å². The van der Waals surface area contributed by atoms with E-state index in [4.69, 9.17) is 4.52 Å². The predicted molar refractivity (Wildman–Crippen MR) is 94.8 cm³/mol. The number of pyridine rings is 1. The number of aromatic nitrogens is 2. The van der Waals surface area contributed by atoms with Gasteiger partial charge in [0.1, 0.15) is 10.0 Å². The van der Waals surface area contributed by atoms with Crippen LogP contribution in [0.2, 0.25) is 0 Å². The molecule has 8 nitrogen and oxygen atoms in total. The van der Waals surface area contributed by atoms with Gasteiger partial charge in [0.25, 0.3) is 5.91 Å². The molecule has 0 aliphatic rings. The molecule has 3 aromatic rings. The molecule has 0 unspecified atom stereocenters. The van der Waals surface area contributed by atoms with Crippen LogP contribution in [0.5, 0.6) is 0 Å². The van der Waals surface area contributed by atoms with E-state index in [1.165, 1.54) is 36.7 Å². The molecular formula is C17H15N4O4S-. The lowest BCUT2D eigenvalue weighted by molar-refractivity contribution is 0.102. The molecule has 2 heterocycles. The maximum absolute atomic E-state index is 12.4. The Morgan fingerprint density at radius 3 is 2.31 bits per heavy atom. The van der Waals surface area contributed by atoms with Gasteiger partial charge in [-0.1, -0.05) is 5.16 Å². The van der Waals surface area contributed by atoms with Crippen molar-refractivity contribution in [2.24, 2.45) is 0 Å². The number of nitrogens with zero attached hydrogens (tertiary/aromatic N) is 3. The van der Waals surface area contributed by atoms with Gasteiger partial charge < -0.3 is 14.6 Å². The Labute approximate surface area is 150 Å². The van der Waals surface area contributed by atoms with Gasteiger partial charge in [-0.05, 0) is 55.8 Å². The Bertz CT molecular complexity index is 1030. The topological polar surface area (TPSA) is 116 Å². The van der Waals surface area contributed by atoms with Crippen molar-refractivity contribution in [2.45, 2.75) is 18.7 Å². The zero-order valence-electron chi connectivity index (χ0n) is 14.0. The maximum Gasteiger partial charge on any atom is 0.255 e. The molecule has 0 saturated carbocycles. The van der Waals surface area contributed by atoms with E-state index in [0.29, 0.717) is 22.5 Å². The largest absolute Gasteiger partial charge is 0.539 e. The van der Waals surface area contributed by atoms with Crippen LogP contribution in [0.1, 0.15) is 21.6 Å². The maximum atomic E-state index is 12.4. The molecule has 26 heavy (non-hydrogen) atoms. The molecule has 1 aromatic carbocycles. The molecular weight excluding hydrogens is 356 g/mol. The second-order valence-corrected chi connectivity index (χ2v) is 7.08. The summed E-state index contributed by atoms with van der Waals surface area (Å²) >= 11 is 0. The summed E-state index contributed by atoms with van der Waals surface area (Å²) in [6, 6.07) is 8.85. The van der Waals surface area contributed by atoms with E-state index in [2.05, 4.69) is 20.2 Å². The van der Waals surface area contributed by atoms with Crippen molar-refractivity contribution >= 4 is 27.5 Å². The third-order valence-electron chi connectivity index (χ3n) is 3.69. The third kappa shape index (κ3) is 3.72. The Balaban J connectivity index is 1.74. The summed E-state index contributed by atoms with van der Waals surface area (Å²) in [7, 11) is -3.95. The van der Waals surface area contributed by atoms with Gasteiger partial charge in [0.05, 0.1) is 16.5 Å². The Morgan fingerprint density at radius 2 is 1.73 bits per heavy atom. The van der Waals surface area contributed by atoms with Crippen LogP contribution in [0.4, 0.5) is 11.6 Å². The van der Waals surface area contributed by atoms with Gasteiger partial charge in [0, 0.05) is 23.6 Å². The number of hydrogen-bond acceptors (Lipinski definition) is 6. The van der Waals surface area contributed by atoms with E-state index in [0.717, 1.165) is 0 Å². The summed E-state index contributed by atoms with van der Waals surface area (Å²) in [5.41, 5.74) is 2.04. The van der Waals surface area contributed by atoms with Gasteiger partial charge in [-0.15, -0.1) is 0 Å². The van der Waals surface area contributed by atoms with Crippen LogP contribution in [-0.2, 0) is 10.0 Å². The zero-order chi connectivity index (χ0) is 18.7. The Kier molecular flexibility index (Phi) is 4.72. The molecule has 0 fully saturated rings. The smallest absolute Gasteiger partial charge is 0.255 e. The highest BCUT2D eigenvalue weighted by Crippen LogP contribution is 2.32. The summed E-state index contributed by atoms with van der Waals surface area (Å²) in [5, 5.41) is 6.36. The van der Waals surface area contributed by atoms with Crippen LogP contribution in [-0.4, -0.2) is 24.5 Å². The average Bonchev–Trinajstić information content (AvgIpc) is 2.94. The first-order valence-electron chi connectivity index (χ1n) is 7.59. The lowest BCUT2D eigenvalue weighted by atomic mass is 10.2. The molecule has 2 aromatic heterocycles. The van der Waals surface area contributed by atoms with Crippen LogP contribution in [0, 0.1) is 13.8 Å². The fourth-order valence-corrected chi connectivity index (χ4v) is 3.04. The summed E-state index contributed by atoms with van der Waals surface area (Å²) in [4.78, 5) is 15.9. The van der Waals surface area contributed by atoms with E-state index in [-0.39, 0.29) is 16.7 Å². The molecule has 3 rings (SSSR count). The lowest BCUT2D eigenvalue weighted by Gasteiger charge is -2.19. The number of rotatable bonds is 5. The first-order chi connectivity index (χ1) is 12.4. The van der Waals surface area contributed by atoms with Gasteiger partial charge in [0.15, 0.2) is 0 Å². The van der Waals surface area contributed by atoms with Crippen LogP contribution in [0.25, 0.3) is 4.72 Å². The van der Waals surface area contributed by atoms with Gasteiger partial charge in [-0.2, -0.15) is 0 Å². The number of aryl methyl sites for hydroxylation is 1. The molecule has 0 spiro atoms. The Morgan fingerprint density at radius 1 is 1.08 bits per heavy atom. The Hall–Kier alpha value is -3.20. The number of amides is 1. The second kappa shape index (κ2) is 6.96. The minimum Gasteiger partial charge on any atom is -0.539 e. The number of carbonyl (C=O) groups excluding carboxylic acids is 1. The number of carbonyl (C=O) groups is 1. The normalized spacial score (nSPS) is 11.2. The minimum atomic E-state index is -3.95. The monoisotopic (exact) mass is 371 g/mol. The van der Waals surface area contributed by atoms with Crippen molar-refractivity contribution in [3.05, 3.63) is 70.3 Å². The van der Waals surface area contributed by atoms with E-state index in [1.807, 2.05) is 0 Å². The molecule has 134 valence electrons. The number of anilines is 1. The highest BCUT2D eigenvalue weighted by molar-refractivity contribution is 7.94. The molecule has 1 amide bonds. The molecule has 0 aliphatic carbocycles. The first kappa shape index (κ1) is 17.6. The van der Waals surface area contributed by atoms with Gasteiger partial charge >= 0.3 is 0 Å². The standard InChI is InChI=1S/C17H16N4O4S/c1-11-12(2)20-25-17(11)21-26(23,24)15-5-3-14(4-6-15)19-16(22)13-7-9-18-10-8-13/h3-10H,1-2H3,(H2,19,20,21,22)/p-1. The van der Waals surface area contributed by atoms with E-state index in [1.54, 1.807) is 26.0 Å². The van der Waals surface area contributed by atoms with Crippen molar-refractivity contribution in [1.29, 1.82) is 0 Å². The summed E-state index contributed by atoms with van der Waals surface area (Å²) < 4.78 is 33.3. The lowest BCUT2D eigenvalue weighted by Crippen LogP contribution is -2.11. The fraction of sp³-hybridized carbons (Fsp3) is 0.118. The fourth-order valence-electron chi connectivity index (χ4n) is 2.07. The number of nitrogens with one attached hydrogen (secondary N) is 1. The van der Waals surface area contributed by atoms with Crippen LogP contribution in [0.3, 0.4) is 0 Å². The summed E-state index contributed by atoms with van der Waals surface area (Å²) in [6.07, 6.45) is 3.03. The van der Waals surface area contributed by atoms with Gasteiger partial charge in [-0.25, -0.2) is 8.42 Å². The quantitative estimate of drug-likeness (QED) is 0.735. The van der Waals surface area contributed by atoms with Crippen molar-refractivity contribution in [2.75, 3.05) is 5.32 Å². The number of hydrogen-bond donors (Lipinski definition) is 1. The second-order valence-electron chi connectivity index (χ2n) is 5.48. The van der Waals surface area contributed by atoms with E-state index < -0.39 is 10.0 Å². The molecule has 0 aliphatic heterocycles. The van der Waals surface area contributed by atoms with Crippen molar-refractivity contribution in [3.8, 4) is 0 Å². The molecule has 9 heteroatoms. The molecule has 0 radical (unpaired) electrons. The van der Waals surface area contributed by atoms with E-state index >= 15 is 0 Å². The molecule has 1 N–H and O–H groups in total. The van der Waals surface area contributed by atoms with Gasteiger partial charge in [-0.3, -0.25) is 9.78 Å². The third-order valence-corrected chi connectivity index (χ3v) is 4.96. The van der Waals surface area contributed by atoms with Crippen LogP contribution in [0.15, 0.2) is 58.2 Å². The first-order valence-corrected chi connectivity index (χ1v) is 9.03. The SMILES string of the molecule is Cc1noc([N-]S(=O)(=O)c2ccc(NC(=O)c3ccncc3)cc2)c1C. The highest BCUT2D eigenvalue weighted by Gasteiger charge is 2.10. The predicted octanol–water partition coefficient (Wildman–Crippen LogP) is 3.33. The van der Waals surface area contributed by atoms with Crippen molar-refractivity contribution < 1.29 is 17.7 Å². The zero-order valence-corrected chi connectivity index (χ0v) is 14.8. The molecule has 0 bridgehead atoms. The molecule has 0 atom stereocenters. The number of benzene rings is 1.